The highest BCUT2D eigenvalue weighted by Gasteiger charge is 2.10. The smallest absolute Gasteiger partial charge is 0.377 e. The van der Waals surface area contributed by atoms with Crippen molar-refractivity contribution >= 4 is 17.7 Å². The summed E-state index contributed by atoms with van der Waals surface area (Å²) < 4.78 is 6.18. The Labute approximate surface area is 93.2 Å². The lowest BCUT2D eigenvalue weighted by Crippen LogP contribution is -2.06. The molecule has 5 nitrogen and oxygen atoms in total. The van der Waals surface area contributed by atoms with Gasteiger partial charge < -0.3 is 4.74 Å². The molecule has 0 saturated heterocycles. The fourth-order valence-electron chi connectivity index (χ4n) is 1.06. The van der Waals surface area contributed by atoms with Crippen molar-refractivity contribution in [3.63, 3.8) is 0 Å². The van der Waals surface area contributed by atoms with E-state index in [9.17, 15) is 4.79 Å². The van der Waals surface area contributed by atoms with Crippen LogP contribution in [0.3, 0.4) is 0 Å². The first-order chi connectivity index (χ1) is 7.27. The first-order valence-corrected chi connectivity index (χ1v) is 5.99. The van der Waals surface area contributed by atoms with Gasteiger partial charge in [-0.25, -0.2) is 9.78 Å². The predicted molar refractivity (Wildman–Crippen MR) is 59.0 cm³/mol. The van der Waals surface area contributed by atoms with Crippen molar-refractivity contribution in [1.29, 1.82) is 0 Å². The maximum atomic E-state index is 11.0. The van der Waals surface area contributed by atoms with Crippen molar-refractivity contribution in [1.82, 2.24) is 14.8 Å². The average Bonchev–Trinajstić information content (AvgIpc) is 2.72. The molecule has 0 atom stereocenters. The van der Waals surface area contributed by atoms with Crippen LogP contribution in [0.4, 0.5) is 0 Å². The molecule has 1 heterocycles. The standard InChI is InChI=1S/C9H15N3O2S/c1-3-15-6-4-5-12-7-10-8(11-12)9(13)14-2/h7H,3-6H2,1-2H3. The van der Waals surface area contributed by atoms with Gasteiger partial charge in [0.05, 0.1) is 7.11 Å². The average molecular weight is 229 g/mol. The number of esters is 1. The van der Waals surface area contributed by atoms with Gasteiger partial charge in [-0.3, -0.25) is 4.68 Å². The molecule has 84 valence electrons. The second-order valence-electron chi connectivity index (χ2n) is 2.87. The zero-order valence-corrected chi connectivity index (χ0v) is 9.79. The molecular formula is C9H15N3O2S. The Morgan fingerprint density at radius 3 is 3.13 bits per heavy atom. The molecule has 0 aliphatic carbocycles. The van der Waals surface area contributed by atoms with Crippen LogP contribution < -0.4 is 0 Å². The molecule has 1 rings (SSSR count). The van der Waals surface area contributed by atoms with Gasteiger partial charge in [-0.1, -0.05) is 6.92 Å². The summed E-state index contributed by atoms with van der Waals surface area (Å²) >= 11 is 1.89. The molecule has 1 aromatic rings. The second kappa shape index (κ2) is 6.44. The monoisotopic (exact) mass is 229 g/mol. The van der Waals surface area contributed by atoms with Crippen molar-refractivity contribution in [2.75, 3.05) is 18.6 Å². The SMILES string of the molecule is CCSCCCn1cnc(C(=O)OC)n1. The van der Waals surface area contributed by atoms with Crippen molar-refractivity contribution in [2.45, 2.75) is 19.9 Å². The molecular weight excluding hydrogens is 214 g/mol. The van der Waals surface area contributed by atoms with Crippen LogP contribution in [0.2, 0.25) is 0 Å². The minimum atomic E-state index is -0.489. The number of hydrogen-bond acceptors (Lipinski definition) is 5. The van der Waals surface area contributed by atoms with Crippen molar-refractivity contribution in [2.24, 2.45) is 0 Å². The fraction of sp³-hybridized carbons (Fsp3) is 0.667. The maximum absolute atomic E-state index is 11.0. The molecule has 0 N–H and O–H groups in total. The van der Waals surface area contributed by atoms with Gasteiger partial charge in [-0.15, -0.1) is 5.10 Å². The molecule has 0 aromatic carbocycles. The maximum Gasteiger partial charge on any atom is 0.377 e. The van der Waals surface area contributed by atoms with Crippen LogP contribution >= 0.6 is 11.8 Å². The molecule has 0 aliphatic heterocycles. The summed E-state index contributed by atoms with van der Waals surface area (Å²) in [4.78, 5) is 14.9. The van der Waals surface area contributed by atoms with Crippen molar-refractivity contribution < 1.29 is 9.53 Å². The molecule has 0 amide bonds. The van der Waals surface area contributed by atoms with E-state index in [0.29, 0.717) is 0 Å². The van der Waals surface area contributed by atoms with Crippen LogP contribution in [0.1, 0.15) is 24.0 Å². The van der Waals surface area contributed by atoms with E-state index in [4.69, 9.17) is 0 Å². The Morgan fingerprint density at radius 1 is 1.67 bits per heavy atom. The number of thioether (sulfide) groups is 1. The number of hydrogen-bond donors (Lipinski definition) is 0. The number of carbonyl (C=O) groups is 1. The summed E-state index contributed by atoms with van der Waals surface area (Å²) in [5.74, 6) is 1.87. The summed E-state index contributed by atoms with van der Waals surface area (Å²) in [7, 11) is 1.32. The topological polar surface area (TPSA) is 57.0 Å². The van der Waals surface area contributed by atoms with E-state index < -0.39 is 5.97 Å². The number of carbonyl (C=O) groups excluding carboxylic acids is 1. The largest absolute Gasteiger partial charge is 0.463 e. The Balaban J connectivity index is 2.36. The normalized spacial score (nSPS) is 10.3. The number of aromatic nitrogens is 3. The van der Waals surface area contributed by atoms with E-state index in [1.54, 1.807) is 11.0 Å². The summed E-state index contributed by atoms with van der Waals surface area (Å²) in [6.07, 6.45) is 2.59. The quantitative estimate of drug-likeness (QED) is 0.542. The molecule has 0 fully saturated rings. The molecule has 0 radical (unpaired) electrons. The predicted octanol–water partition coefficient (Wildman–Crippen LogP) is 1.21. The lowest BCUT2D eigenvalue weighted by molar-refractivity contribution is 0.0586. The van der Waals surface area contributed by atoms with Crippen LogP contribution in [0.5, 0.6) is 0 Å². The number of ether oxygens (including phenoxy) is 1. The number of aryl methyl sites for hydroxylation is 1. The number of nitrogens with zero attached hydrogens (tertiary/aromatic N) is 3. The number of methoxy groups -OCH3 is 1. The van der Waals surface area contributed by atoms with E-state index in [2.05, 4.69) is 21.7 Å². The third-order valence-corrected chi connectivity index (χ3v) is 2.77. The lowest BCUT2D eigenvalue weighted by Gasteiger charge is -1.99. The van der Waals surface area contributed by atoms with Gasteiger partial charge in [0.15, 0.2) is 0 Å². The van der Waals surface area contributed by atoms with E-state index in [1.165, 1.54) is 7.11 Å². The Bertz CT molecular complexity index is 314. The minimum Gasteiger partial charge on any atom is -0.463 e. The van der Waals surface area contributed by atoms with Crippen molar-refractivity contribution in [3.05, 3.63) is 12.2 Å². The highest BCUT2D eigenvalue weighted by Crippen LogP contribution is 2.02. The molecule has 0 saturated carbocycles. The lowest BCUT2D eigenvalue weighted by atomic mass is 10.5. The minimum absolute atomic E-state index is 0.126. The van der Waals surface area contributed by atoms with Gasteiger partial charge in [-0.2, -0.15) is 11.8 Å². The van der Waals surface area contributed by atoms with Gasteiger partial charge in [0.1, 0.15) is 6.33 Å². The zero-order chi connectivity index (χ0) is 11.1. The van der Waals surface area contributed by atoms with Gasteiger partial charge in [-0.05, 0) is 17.9 Å². The first-order valence-electron chi connectivity index (χ1n) is 4.83. The highest BCUT2D eigenvalue weighted by molar-refractivity contribution is 7.99. The highest BCUT2D eigenvalue weighted by atomic mass is 32.2. The van der Waals surface area contributed by atoms with E-state index in [0.717, 1.165) is 24.5 Å². The first kappa shape index (κ1) is 12.0. The molecule has 0 unspecified atom stereocenters. The van der Waals surface area contributed by atoms with E-state index in [1.807, 2.05) is 11.8 Å². The van der Waals surface area contributed by atoms with Gasteiger partial charge in [0.25, 0.3) is 5.82 Å². The molecule has 1 aromatic heterocycles. The van der Waals surface area contributed by atoms with Gasteiger partial charge in [0, 0.05) is 6.54 Å². The fourth-order valence-corrected chi connectivity index (χ4v) is 1.68. The summed E-state index contributed by atoms with van der Waals surface area (Å²) in [6.45, 7) is 2.92. The second-order valence-corrected chi connectivity index (χ2v) is 4.27. The molecule has 0 bridgehead atoms. The summed E-state index contributed by atoms with van der Waals surface area (Å²) in [6, 6.07) is 0. The van der Waals surface area contributed by atoms with Gasteiger partial charge >= 0.3 is 5.97 Å². The van der Waals surface area contributed by atoms with Crippen LogP contribution in [-0.2, 0) is 11.3 Å². The number of rotatable bonds is 6. The molecule has 0 aliphatic rings. The summed E-state index contributed by atoms with van der Waals surface area (Å²) in [5, 5.41) is 4.00. The van der Waals surface area contributed by atoms with Crippen LogP contribution in [0.25, 0.3) is 0 Å². The van der Waals surface area contributed by atoms with Crippen molar-refractivity contribution in [3.8, 4) is 0 Å². The molecule has 6 heteroatoms. The Morgan fingerprint density at radius 2 is 2.47 bits per heavy atom. The van der Waals surface area contributed by atoms with E-state index in [-0.39, 0.29) is 5.82 Å². The third-order valence-electron chi connectivity index (χ3n) is 1.78. The van der Waals surface area contributed by atoms with E-state index >= 15 is 0 Å². The molecule has 0 spiro atoms. The summed E-state index contributed by atoms with van der Waals surface area (Å²) in [5.41, 5.74) is 0. The zero-order valence-electron chi connectivity index (χ0n) is 8.97. The third kappa shape index (κ3) is 3.91. The Kier molecular flexibility index (Phi) is 5.17. The van der Waals surface area contributed by atoms with Crippen LogP contribution in [0.15, 0.2) is 6.33 Å². The van der Waals surface area contributed by atoms with Crippen LogP contribution in [-0.4, -0.2) is 39.3 Å². The van der Waals surface area contributed by atoms with Crippen LogP contribution in [0, 0.1) is 0 Å². The molecule has 15 heavy (non-hydrogen) atoms. The Hall–Kier alpha value is -1.04. The van der Waals surface area contributed by atoms with Gasteiger partial charge in [0.2, 0.25) is 0 Å².